The minimum absolute atomic E-state index is 0. The van der Waals surface area contributed by atoms with Gasteiger partial charge in [-0.05, 0) is 48.7 Å². The van der Waals surface area contributed by atoms with Gasteiger partial charge in [-0.3, -0.25) is 4.90 Å². The zero-order valence-electron chi connectivity index (χ0n) is 12.3. The summed E-state index contributed by atoms with van der Waals surface area (Å²) in [5.74, 6) is 0. The van der Waals surface area contributed by atoms with Gasteiger partial charge in [-0.15, -0.1) is 12.4 Å². The van der Waals surface area contributed by atoms with E-state index < -0.39 is 0 Å². The third-order valence-electron chi connectivity index (χ3n) is 3.88. The zero-order valence-corrected chi connectivity index (χ0v) is 13.1. The second-order valence-electron chi connectivity index (χ2n) is 5.38. The van der Waals surface area contributed by atoms with Gasteiger partial charge in [0.05, 0.1) is 13.2 Å². The Morgan fingerprint density at radius 3 is 2.90 bits per heavy atom. The van der Waals surface area contributed by atoms with Crippen LogP contribution < -0.4 is 5.32 Å². The van der Waals surface area contributed by atoms with E-state index in [1.807, 2.05) is 6.20 Å². The summed E-state index contributed by atoms with van der Waals surface area (Å²) < 4.78 is 5.35. The van der Waals surface area contributed by atoms with Crippen molar-refractivity contribution in [2.45, 2.75) is 13.0 Å². The highest BCUT2D eigenvalue weighted by atomic mass is 35.5. The summed E-state index contributed by atoms with van der Waals surface area (Å²) in [6.07, 6.45) is 3.19. The average Bonchev–Trinajstić information content (AvgIpc) is 2.95. The number of H-pyrrole nitrogens is 1. The molecule has 1 aliphatic rings. The molecule has 0 radical (unpaired) electrons. The van der Waals surface area contributed by atoms with Gasteiger partial charge in [-0.25, -0.2) is 0 Å². The normalized spacial score (nSPS) is 16.0. The monoisotopic (exact) mass is 309 g/mol. The van der Waals surface area contributed by atoms with E-state index in [0.717, 1.165) is 39.4 Å². The van der Waals surface area contributed by atoms with Crippen LogP contribution in [-0.2, 0) is 11.3 Å². The standard InChI is InChI=1S/C16H23N3O.ClH/c1(7-19-8-10-20-11-9-19)5-17-13-14-2-3-16-15(12-14)4-6-18-16;/h2-4,6,12,17-18H,1,5,7-11,13H2;1H. The van der Waals surface area contributed by atoms with E-state index in [4.69, 9.17) is 4.74 Å². The minimum Gasteiger partial charge on any atom is -0.379 e. The number of aromatic amines is 1. The maximum Gasteiger partial charge on any atom is 0.0594 e. The summed E-state index contributed by atoms with van der Waals surface area (Å²) in [6.45, 7) is 7.16. The number of rotatable bonds is 6. The van der Waals surface area contributed by atoms with Gasteiger partial charge in [0, 0.05) is 31.3 Å². The molecule has 4 nitrogen and oxygen atoms in total. The Morgan fingerprint density at radius 2 is 2.05 bits per heavy atom. The Kier molecular flexibility index (Phi) is 6.51. The first-order chi connectivity index (χ1) is 9.92. The Morgan fingerprint density at radius 1 is 1.19 bits per heavy atom. The molecule has 5 heteroatoms. The van der Waals surface area contributed by atoms with Gasteiger partial charge in [0.15, 0.2) is 0 Å². The Labute approximate surface area is 132 Å². The molecule has 0 atom stereocenters. The number of aromatic nitrogens is 1. The van der Waals surface area contributed by atoms with Crippen LogP contribution in [0.4, 0.5) is 0 Å². The SMILES string of the molecule is Cl.c1cc2cc(CNCCCN3CCOCC3)ccc2[nH]1. The van der Waals surface area contributed by atoms with Gasteiger partial charge in [0.1, 0.15) is 0 Å². The van der Waals surface area contributed by atoms with Crippen molar-refractivity contribution >= 4 is 23.3 Å². The molecule has 3 rings (SSSR count). The second kappa shape index (κ2) is 8.39. The molecule has 116 valence electrons. The number of nitrogens with zero attached hydrogens (tertiary/aromatic N) is 1. The molecule has 2 heterocycles. The first kappa shape index (κ1) is 16.3. The number of nitrogens with one attached hydrogen (secondary N) is 2. The number of fused-ring (bicyclic) bond motifs is 1. The van der Waals surface area contributed by atoms with E-state index in [9.17, 15) is 0 Å². The number of hydrogen-bond acceptors (Lipinski definition) is 3. The maximum absolute atomic E-state index is 5.35. The molecule has 1 aliphatic heterocycles. The number of morpholine rings is 1. The fourth-order valence-electron chi connectivity index (χ4n) is 2.70. The highest BCUT2D eigenvalue weighted by Gasteiger charge is 2.08. The molecule has 0 bridgehead atoms. The van der Waals surface area contributed by atoms with Gasteiger partial charge in [0.25, 0.3) is 0 Å². The summed E-state index contributed by atoms with van der Waals surface area (Å²) in [7, 11) is 0. The molecular formula is C16H24ClN3O. The number of halogens is 1. The van der Waals surface area contributed by atoms with E-state index in [-0.39, 0.29) is 12.4 Å². The lowest BCUT2D eigenvalue weighted by atomic mass is 10.1. The molecule has 1 fully saturated rings. The Balaban J connectivity index is 0.00000161. The highest BCUT2D eigenvalue weighted by molar-refractivity contribution is 5.85. The van der Waals surface area contributed by atoms with Crippen LogP contribution in [0.1, 0.15) is 12.0 Å². The first-order valence-corrected chi connectivity index (χ1v) is 7.49. The van der Waals surface area contributed by atoms with E-state index in [2.05, 4.69) is 39.5 Å². The van der Waals surface area contributed by atoms with Crippen molar-refractivity contribution in [3.63, 3.8) is 0 Å². The van der Waals surface area contributed by atoms with Crippen LogP contribution >= 0.6 is 12.4 Å². The van der Waals surface area contributed by atoms with Crippen LogP contribution in [0.3, 0.4) is 0 Å². The van der Waals surface area contributed by atoms with Crippen molar-refractivity contribution < 1.29 is 4.74 Å². The molecule has 0 spiro atoms. The van der Waals surface area contributed by atoms with Crippen LogP contribution in [0.15, 0.2) is 30.5 Å². The third-order valence-corrected chi connectivity index (χ3v) is 3.88. The number of hydrogen-bond donors (Lipinski definition) is 2. The summed E-state index contributed by atoms with van der Waals surface area (Å²) >= 11 is 0. The number of ether oxygens (including phenoxy) is 1. The average molecular weight is 310 g/mol. The molecule has 21 heavy (non-hydrogen) atoms. The van der Waals surface area contributed by atoms with E-state index >= 15 is 0 Å². The fourth-order valence-corrected chi connectivity index (χ4v) is 2.70. The third kappa shape index (κ3) is 4.71. The first-order valence-electron chi connectivity index (χ1n) is 7.49. The van der Waals surface area contributed by atoms with Crippen molar-refractivity contribution in [3.05, 3.63) is 36.0 Å². The molecule has 1 aromatic heterocycles. The molecule has 2 N–H and O–H groups in total. The van der Waals surface area contributed by atoms with E-state index in [1.165, 1.54) is 29.4 Å². The van der Waals surface area contributed by atoms with Crippen molar-refractivity contribution in [2.75, 3.05) is 39.4 Å². The summed E-state index contributed by atoms with van der Waals surface area (Å²) in [4.78, 5) is 5.71. The molecule has 0 aliphatic carbocycles. The predicted octanol–water partition coefficient (Wildman–Crippen LogP) is 2.40. The van der Waals surface area contributed by atoms with Gasteiger partial charge in [-0.2, -0.15) is 0 Å². The van der Waals surface area contributed by atoms with Crippen LogP contribution in [0.2, 0.25) is 0 Å². The lowest BCUT2D eigenvalue weighted by Crippen LogP contribution is -2.37. The van der Waals surface area contributed by atoms with Gasteiger partial charge in [-0.1, -0.05) is 6.07 Å². The molecule has 0 amide bonds. The van der Waals surface area contributed by atoms with Crippen LogP contribution in [-0.4, -0.2) is 49.3 Å². The quantitative estimate of drug-likeness (QED) is 0.805. The molecule has 0 saturated carbocycles. The van der Waals surface area contributed by atoms with Crippen LogP contribution in [0.25, 0.3) is 10.9 Å². The largest absolute Gasteiger partial charge is 0.379 e. The van der Waals surface area contributed by atoms with Crippen molar-refractivity contribution in [1.82, 2.24) is 15.2 Å². The zero-order chi connectivity index (χ0) is 13.6. The van der Waals surface area contributed by atoms with Gasteiger partial charge >= 0.3 is 0 Å². The summed E-state index contributed by atoms with van der Waals surface area (Å²) in [6, 6.07) is 8.71. The van der Waals surface area contributed by atoms with Gasteiger partial charge < -0.3 is 15.0 Å². The minimum atomic E-state index is 0. The summed E-state index contributed by atoms with van der Waals surface area (Å²) in [5, 5.41) is 4.82. The Bertz CT molecular complexity index is 537. The molecule has 2 aromatic rings. The lowest BCUT2D eigenvalue weighted by Gasteiger charge is -2.26. The van der Waals surface area contributed by atoms with E-state index in [0.29, 0.717) is 0 Å². The van der Waals surface area contributed by atoms with Crippen molar-refractivity contribution in [2.24, 2.45) is 0 Å². The van der Waals surface area contributed by atoms with Gasteiger partial charge in [0.2, 0.25) is 0 Å². The smallest absolute Gasteiger partial charge is 0.0594 e. The van der Waals surface area contributed by atoms with Crippen LogP contribution in [0.5, 0.6) is 0 Å². The van der Waals surface area contributed by atoms with E-state index in [1.54, 1.807) is 0 Å². The molecule has 1 aromatic carbocycles. The molecule has 0 unspecified atom stereocenters. The van der Waals surface area contributed by atoms with Crippen molar-refractivity contribution in [3.8, 4) is 0 Å². The van der Waals surface area contributed by atoms with Crippen molar-refractivity contribution in [1.29, 1.82) is 0 Å². The van der Waals surface area contributed by atoms with Crippen LogP contribution in [0, 0.1) is 0 Å². The topological polar surface area (TPSA) is 40.3 Å². The maximum atomic E-state index is 5.35. The summed E-state index contributed by atoms with van der Waals surface area (Å²) in [5.41, 5.74) is 2.56. The highest BCUT2D eigenvalue weighted by Crippen LogP contribution is 2.13. The molecule has 1 saturated heterocycles. The predicted molar refractivity (Wildman–Crippen MR) is 89.1 cm³/mol. The second-order valence-corrected chi connectivity index (χ2v) is 5.38. The fraction of sp³-hybridized carbons (Fsp3) is 0.500. The lowest BCUT2D eigenvalue weighted by molar-refractivity contribution is 0.0374. The molecular weight excluding hydrogens is 286 g/mol. The Hall–Kier alpha value is -1.07. The number of benzene rings is 1.